The molecule has 1 amide bonds. The van der Waals surface area contributed by atoms with Crippen molar-refractivity contribution < 1.29 is 27.9 Å². The molecule has 7 nitrogen and oxygen atoms in total. The van der Waals surface area contributed by atoms with Crippen LogP contribution < -0.4 is 4.74 Å². The van der Waals surface area contributed by atoms with Crippen LogP contribution in [0.1, 0.15) is 19.8 Å². The van der Waals surface area contributed by atoms with E-state index in [2.05, 4.69) is 0 Å². The van der Waals surface area contributed by atoms with Gasteiger partial charge < -0.3 is 14.7 Å². The molecule has 0 aromatic heterocycles. The largest absolute Gasteiger partial charge is 0.497 e. The first-order chi connectivity index (χ1) is 11.3. The number of methoxy groups -OCH3 is 1. The number of carboxylic acid groups (broad SMARTS) is 1. The first-order valence-electron chi connectivity index (χ1n) is 7.66. The lowest BCUT2D eigenvalue weighted by atomic mass is 10.1. The summed E-state index contributed by atoms with van der Waals surface area (Å²) in [4.78, 5) is 25.0. The Kier molecular flexibility index (Phi) is 5.48. The maximum Gasteiger partial charge on any atom is 0.326 e. The summed E-state index contributed by atoms with van der Waals surface area (Å²) in [6.07, 6.45) is 1.01. The summed E-state index contributed by atoms with van der Waals surface area (Å²) in [6.45, 7) is 1.86. The van der Waals surface area contributed by atoms with Crippen molar-refractivity contribution in [2.45, 2.75) is 30.7 Å². The van der Waals surface area contributed by atoms with Crippen molar-refractivity contribution in [2.24, 2.45) is 5.92 Å². The first-order valence-corrected chi connectivity index (χ1v) is 9.31. The van der Waals surface area contributed by atoms with Crippen LogP contribution in [0.2, 0.25) is 0 Å². The number of carbonyl (C=O) groups excluding carboxylic acids is 1. The van der Waals surface area contributed by atoms with E-state index < -0.39 is 33.7 Å². The molecule has 1 aromatic rings. The lowest BCUT2D eigenvalue weighted by Crippen LogP contribution is -2.44. The summed E-state index contributed by atoms with van der Waals surface area (Å²) in [5.41, 5.74) is 0. The molecular weight excluding hydrogens is 334 g/mol. The topological polar surface area (TPSA) is 101 Å². The maximum atomic E-state index is 12.4. The highest BCUT2D eigenvalue weighted by atomic mass is 32.2. The van der Waals surface area contributed by atoms with Crippen LogP contribution in [0.5, 0.6) is 5.75 Å². The molecule has 2 rings (SSSR count). The molecule has 1 aliphatic heterocycles. The molecule has 24 heavy (non-hydrogen) atoms. The van der Waals surface area contributed by atoms with Gasteiger partial charge in [-0.25, -0.2) is 13.2 Å². The molecule has 8 heteroatoms. The SMILES string of the molecule is COc1ccc(S(=O)(=O)CC(C)C(=O)N2CCC[C@H]2C(=O)O)cc1. The van der Waals surface area contributed by atoms with Crippen molar-refractivity contribution in [3.8, 4) is 5.75 Å². The Balaban J connectivity index is 2.10. The second-order valence-corrected chi connectivity index (χ2v) is 7.92. The van der Waals surface area contributed by atoms with Crippen LogP contribution in [0.3, 0.4) is 0 Å². The number of rotatable bonds is 6. The molecule has 0 saturated carbocycles. The van der Waals surface area contributed by atoms with E-state index in [1.54, 1.807) is 12.1 Å². The number of nitrogens with zero attached hydrogens (tertiary/aromatic N) is 1. The summed E-state index contributed by atoms with van der Waals surface area (Å²) < 4.78 is 29.9. The van der Waals surface area contributed by atoms with Gasteiger partial charge in [-0.05, 0) is 37.1 Å². The van der Waals surface area contributed by atoms with Gasteiger partial charge in [-0.1, -0.05) is 6.92 Å². The molecule has 1 unspecified atom stereocenters. The van der Waals surface area contributed by atoms with Crippen molar-refractivity contribution in [3.05, 3.63) is 24.3 Å². The van der Waals surface area contributed by atoms with Crippen LogP contribution in [0.25, 0.3) is 0 Å². The zero-order valence-electron chi connectivity index (χ0n) is 13.6. The van der Waals surface area contributed by atoms with Crippen molar-refractivity contribution in [1.29, 1.82) is 0 Å². The molecular formula is C16H21NO6S. The van der Waals surface area contributed by atoms with Crippen molar-refractivity contribution in [1.82, 2.24) is 4.90 Å². The summed E-state index contributed by atoms with van der Waals surface area (Å²) >= 11 is 0. The molecule has 1 saturated heterocycles. The van der Waals surface area contributed by atoms with Crippen molar-refractivity contribution in [2.75, 3.05) is 19.4 Å². The van der Waals surface area contributed by atoms with Crippen LogP contribution >= 0.6 is 0 Å². The average Bonchev–Trinajstić information content (AvgIpc) is 3.03. The van der Waals surface area contributed by atoms with Gasteiger partial charge in [0.2, 0.25) is 5.91 Å². The summed E-state index contributed by atoms with van der Waals surface area (Å²) in [7, 11) is -2.16. The van der Waals surface area contributed by atoms with Gasteiger partial charge in [0.25, 0.3) is 0 Å². The van der Waals surface area contributed by atoms with Crippen LogP contribution in [-0.2, 0) is 19.4 Å². The molecule has 1 N–H and O–H groups in total. The molecule has 0 spiro atoms. The van der Waals surface area contributed by atoms with E-state index in [0.29, 0.717) is 25.1 Å². The molecule has 1 heterocycles. The molecule has 1 aliphatic rings. The quantitative estimate of drug-likeness (QED) is 0.822. The third-order valence-corrected chi connectivity index (χ3v) is 6.06. The van der Waals surface area contributed by atoms with Gasteiger partial charge in [0, 0.05) is 12.5 Å². The van der Waals surface area contributed by atoms with E-state index in [0.717, 1.165) is 0 Å². The average molecular weight is 355 g/mol. The van der Waals surface area contributed by atoms with E-state index in [4.69, 9.17) is 9.84 Å². The Morgan fingerprint density at radius 2 is 1.96 bits per heavy atom. The third-order valence-electron chi connectivity index (χ3n) is 4.13. The fourth-order valence-corrected chi connectivity index (χ4v) is 4.39. The minimum atomic E-state index is -3.65. The van der Waals surface area contributed by atoms with E-state index in [1.807, 2.05) is 0 Å². The van der Waals surface area contributed by atoms with Gasteiger partial charge in [0.1, 0.15) is 11.8 Å². The Labute approximate surface area is 141 Å². The number of amides is 1. The predicted molar refractivity (Wildman–Crippen MR) is 86.6 cm³/mol. The molecule has 2 atom stereocenters. The number of benzene rings is 1. The number of carboxylic acids is 1. The van der Waals surface area contributed by atoms with Gasteiger partial charge in [-0.3, -0.25) is 4.79 Å². The molecule has 0 radical (unpaired) electrons. The minimum absolute atomic E-state index is 0.110. The normalized spacial score (nSPS) is 19.1. The van der Waals surface area contributed by atoms with Crippen molar-refractivity contribution >= 4 is 21.7 Å². The standard InChI is InChI=1S/C16H21NO6S/c1-11(15(18)17-9-3-4-14(17)16(19)20)10-24(21,22)13-7-5-12(23-2)6-8-13/h5-8,11,14H,3-4,9-10H2,1-2H3,(H,19,20)/t11?,14-/m0/s1. The maximum absolute atomic E-state index is 12.4. The molecule has 1 aromatic carbocycles. The number of hydrogen-bond acceptors (Lipinski definition) is 5. The van der Waals surface area contributed by atoms with Gasteiger partial charge >= 0.3 is 5.97 Å². The Hall–Kier alpha value is -2.09. The van der Waals surface area contributed by atoms with E-state index in [-0.39, 0.29) is 10.6 Å². The Morgan fingerprint density at radius 1 is 1.33 bits per heavy atom. The fourth-order valence-electron chi connectivity index (χ4n) is 2.85. The molecule has 0 bridgehead atoms. The van der Waals surface area contributed by atoms with Crippen LogP contribution in [-0.4, -0.2) is 55.7 Å². The smallest absolute Gasteiger partial charge is 0.326 e. The highest BCUT2D eigenvalue weighted by Crippen LogP contribution is 2.23. The zero-order chi connectivity index (χ0) is 17.9. The van der Waals surface area contributed by atoms with Gasteiger partial charge in [0.15, 0.2) is 9.84 Å². The van der Waals surface area contributed by atoms with Gasteiger partial charge in [0.05, 0.1) is 17.8 Å². The van der Waals surface area contributed by atoms with E-state index in [1.165, 1.54) is 31.1 Å². The summed E-state index contributed by atoms with van der Waals surface area (Å²) in [5, 5.41) is 9.15. The Bertz CT molecular complexity index is 713. The monoisotopic (exact) mass is 355 g/mol. The number of likely N-dealkylation sites (tertiary alicyclic amines) is 1. The third kappa shape index (κ3) is 3.87. The zero-order valence-corrected chi connectivity index (χ0v) is 14.5. The number of ether oxygens (including phenoxy) is 1. The first kappa shape index (κ1) is 18.3. The second-order valence-electron chi connectivity index (χ2n) is 5.89. The molecule has 132 valence electrons. The van der Waals surface area contributed by atoms with Crippen LogP contribution in [0.4, 0.5) is 0 Å². The highest BCUT2D eigenvalue weighted by Gasteiger charge is 2.37. The lowest BCUT2D eigenvalue weighted by molar-refractivity contribution is -0.149. The Morgan fingerprint density at radius 3 is 2.50 bits per heavy atom. The number of carbonyl (C=O) groups is 2. The fraction of sp³-hybridized carbons (Fsp3) is 0.500. The predicted octanol–water partition coefficient (Wildman–Crippen LogP) is 1.18. The van der Waals surface area contributed by atoms with E-state index >= 15 is 0 Å². The second kappa shape index (κ2) is 7.21. The lowest BCUT2D eigenvalue weighted by Gasteiger charge is -2.24. The van der Waals surface area contributed by atoms with Crippen LogP contribution in [0.15, 0.2) is 29.2 Å². The van der Waals surface area contributed by atoms with Gasteiger partial charge in [-0.15, -0.1) is 0 Å². The molecule has 0 aliphatic carbocycles. The minimum Gasteiger partial charge on any atom is -0.497 e. The number of hydrogen-bond donors (Lipinski definition) is 1. The highest BCUT2D eigenvalue weighted by molar-refractivity contribution is 7.91. The molecule has 1 fully saturated rings. The number of aliphatic carboxylic acids is 1. The number of sulfone groups is 1. The van der Waals surface area contributed by atoms with E-state index in [9.17, 15) is 18.0 Å². The summed E-state index contributed by atoms with van der Waals surface area (Å²) in [5.74, 6) is -2.11. The van der Waals surface area contributed by atoms with Crippen LogP contribution in [0, 0.1) is 5.92 Å². The van der Waals surface area contributed by atoms with Gasteiger partial charge in [-0.2, -0.15) is 0 Å². The van der Waals surface area contributed by atoms with Crippen molar-refractivity contribution in [3.63, 3.8) is 0 Å². The summed E-state index contributed by atoms with van der Waals surface area (Å²) in [6, 6.07) is 5.09.